The van der Waals surface area contributed by atoms with E-state index in [1.54, 1.807) is 6.07 Å². The molecule has 1 aliphatic rings. The molecule has 0 amide bonds. The Morgan fingerprint density at radius 1 is 1.35 bits per heavy atom. The standard InChI is InChI=1S/C13H18F2N2/c1-2-17(11-5-6-16-8-11)9-10-3-4-12(14)13(15)7-10/h3-4,7,11,16H,2,5-6,8-9H2,1H3. The van der Waals surface area contributed by atoms with E-state index in [0.29, 0.717) is 12.6 Å². The van der Waals surface area contributed by atoms with Gasteiger partial charge in [0.25, 0.3) is 0 Å². The first-order valence-electron chi connectivity index (χ1n) is 6.09. The number of nitrogens with one attached hydrogen (secondary N) is 1. The van der Waals surface area contributed by atoms with E-state index in [-0.39, 0.29) is 0 Å². The van der Waals surface area contributed by atoms with E-state index >= 15 is 0 Å². The molecule has 1 unspecified atom stereocenters. The smallest absolute Gasteiger partial charge is 0.159 e. The molecule has 2 nitrogen and oxygen atoms in total. The van der Waals surface area contributed by atoms with Gasteiger partial charge in [-0.25, -0.2) is 8.78 Å². The van der Waals surface area contributed by atoms with Crippen LogP contribution in [0.4, 0.5) is 8.78 Å². The number of hydrogen-bond acceptors (Lipinski definition) is 2. The van der Waals surface area contributed by atoms with Crippen LogP contribution in [-0.4, -0.2) is 30.6 Å². The van der Waals surface area contributed by atoms with Gasteiger partial charge in [-0.3, -0.25) is 4.90 Å². The highest BCUT2D eigenvalue weighted by atomic mass is 19.2. The number of nitrogens with zero attached hydrogens (tertiary/aromatic N) is 1. The van der Waals surface area contributed by atoms with E-state index in [4.69, 9.17) is 0 Å². The summed E-state index contributed by atoms with van der Waals surface area (Å²) >= 11 is 0. The summed E-state index contributed by atoms with van der Waals surface area (Å²) in [5.41, 5.74) is 0.831. The molecule has 94 valence electrons. The lowest BCUT2D eigenvalue weighted by Crippen LogP contribution is -2.36. The Labute approximate surface area is 101 Å². The molecule has 0 saturated carbocycles. The van der Waals surface area contributed by atoms with Crippen molar-refractivity contribution in [1.29, 1.82) is 0 Å². The molecule has 1 N–H and O–H groups in total. The fraction of sp³-hybridized carbons (Fsp3) is 0.538. The maximum atomic E-state index is 13.1. The molecular weight excluding hydrogens is 222 g/mol. The van der Waals surface area contributed by atoms with Gasteiger partial charge < -0.3 is 5.32 Å². The number of rotatable bonds is 4. The highest BCUT2D eigenvalue weighted by molar-refractivity contribution is 5.17. The van der Waals surface area contributed by atoms with Crippen molar-refractivity contribution in [3.8, 4) is 0 Å². The number of hydrogen-bond donors (Lipinski definition) is 1. The van der Waals surface area contributed by atoms with Gasteiger partial charge in [-0.15, -0.1) is 0 Å². The average molecular weight is 240 g/mol. The second-order valence-corrected chi connectivity index (χ2v) is 4.46. The molecule has 1 aromatic carbocycles. The molecule has 1 atom stereocenters. The van der Waals surface area contributed by atoms with Gasteiger partial charge in [-0.1, -0.05) is 13.0 Å². The largest absolute Gasteiger partial charge is 0.315 e. The molecule has 1 heterocycles. The first kappa shape index (κ1) is 12.5. The number of likely N-dealkylation sites (N-methyl/N-ethyl adjacent to an activating group) is 1. The molecule has 2 rings (SSSR count). The van der Waals surface area contributed by atoms with E-state index in [1.807, 2.05) is 0 Å². The van der Waals surface area contributed by atoms with Gasteiger partial charge in [-0.05, 0) is 37.2 Å². The van der Waals surface area contributed by atoms with Crippen LogP contribution in [0.3, 0.4) is 0 Å². The summed E-state index contributed by atoms with van der Waals surface area (Å²) in [6.45, 7) is 5.72. The lowest BCUT2D eigenvalue weighted by Gasteiger charge is -2.26. The van der Waals surface area contributed by atoms with Crippen molar-refractivity contribution in [2.45, 2.75) is 25.9 Å². The van der Waals surface area contributed by atoms with Gasteiger partial charge in [0, 0.05) is 19.1 Å². The monoisotopic (exact) mass is 240 g/mol. The van der Waals surface area contributed by atoms with E-state index in [9.17, 15) is 8.78 Å². The Balaban J connectivity index is 2.04. The summed E-state index contributed by atoms with van der Waals surface area (Å²) in [7, 11) is 0. The van der Waals surface area contributed by atoms with Crippen molar-refractivity contribution in [2.75, 3.05) is 19.6 Å². The zero-order valence-corrected chi connectivity index (χ0v) is 10.0. The molecule has 0 aliphatic carbocycles. The molecule has 1 aliphatic heterocycles. The lowest BCUT2D eigenvalue weighted by atomic mass is 10.1. The topological polar surface area (TPSA) is 15.3 Å². The van der Waals surface area contributed by atoms with E-state index < -0.39 is 11.6 Å². The van der Waals surface area contributed by atoms with Crippen molar-refractivity contribution in [2.24, 2.45) is 0 Å². The van der Waals surface area contributed by atoms with Gasteiger partial charge >= 0.3 is 0 Å². The predicted molar refractivity (Wildman–Crippen MR) is 63.7 cm³/mol. The van der Waals surface area contributed by atoms with Gasteiger partial charge in [-0.2, -0.15) is 0 Å². The molecule has 1 saturated heterocycles. The minimum Gasteiger partial charge on any atom is -0.315 e. The van der Waals surface area contributed by atoms with Crippen molar-refractivity contribution in [3.05, 3.63) is 35.4 Å². The molecule has 4 heteroatoms. The Bertz CT molecular complexity index is 376. The summed E-state index contributed by atoms with van der Waals surface area (Å²) < 4.78 is 25.9. The van der Waals surface area contributed by atoms with E-state index in [2.05, 4.69) is 17.1 Å². The Hall–Kier alpha value is -1.00. The summed E-state index contributed by atoms with van der Waals surface area (Å²) in [5, 5.41) is 3.32. The van der Waals surface area contributed by atoms with E-state index in [1.165, 1.54) is 12.1 Å². The van der Waals surface area contributed by atoms with Crippen LogP contribution in [0.1, 0.15) is 18.9 Å². The van der Waals surface area contributed by atoms with Crippen molar-refractivity contribution < 1.29 is 8.78 Å². The van der Waals surface area contributed by atoms with Crippen LogP contribution in [0.5, 0.6) is 0 Å². The number of halogens is 2. The summed E-state index contributed by atoms with van der Waals surface area (Å²) in [4.78, 5) is 2.30. The van der Waals surface area contributed by atoms with E-state index in [0.717, 1.165) is 31.6 Å². The van der Waals surface area contributed by atoms with Crippen LogP contribution in [-0.2, 0) is 6.54 Å². The van der Waals surface area contributed by atoms with Crippen LogP contribution in [0, 0.1) is 11.6 Å². The molecule has 1 aromatic rings. The van der Waals surface area contributed by atoms with Crippen molar-refractivity contribution in [3.63, 3.8) is 0 Å². The molecule has 0 spiro atoms. The van der Waals surface area contributed by atoms with Crippen molar-refractivity contribution >= 4 is 0 Å². The van der Waals surface area contributed by atoms with Crippen LogP contribution in [0.2, 0.25) is 0 Å². The maximum absolute atomic E-state index is 13.1. The van der Waals surface area contributed by atoms with Crippen LogP contribution >= 0.6 is 0 Å². The van der Waals surface area contributed by atoms with Gasteiger partial charge in [0.05, 0.1) is 0 Å². The molecule has 0 radical (unpaired) electrons. The lowest BCUT2D eigenvalue weighted by molar-refractivity contribution is 0.210. The second kappa shape index (κ2) is 5.56. The zero-order chi connectivity index (χ0) is 12.3. The quantitative estimate of drug-likeness (QED) is 0.867. The van der Waals surface area contributed by atoms with Gasteiger partial charge in [0.1, 0.15) is 0 Å². The predicted octanol–water partition coefficient (Wildman–Crippen LogP) is 2.15. The molecule has 17 heavy (non-hydrogen) atoms. The third-order valence-electron chi connectivity index (χ3n) is 3.33. The Kier molecular flexibility index (Phi) is 4.07. The summed E-state index contributed by atoms with van der Waals surface area (Å²) in [6, 6.07) is 4.66. The SMILES string of the molecule is CCN(Cc1ccc(F)c(F)c1)C1CCNC1. The minimum atomic E-state index is -0.778. The fourth-order valence-corrected chi connectivity index (χ4v) is 2.32. The molecule has 0 aromatic heterocycles. The third-order valence-corrected chi connectivity index (χ3v) is 3.33. The van der Waals surface area contributed by atoms with Gasteiger partial charge in [0.15, 0.2) is 11.6 Å². The fourth-order valence-electron chi connectivity index (χ4n) is 2.32. The minimum absolute atomic E-state index is 0.508. The highest BCUT2D eigenvalue weighted by Gasteiger charge is 2.21. The normalized spacial score (nSPS) is 20.1. The zero-order valence-electron chi connectivity index (χ0n) is 10.0. The van der Waals surface area contributed by atoms with Crippen LogP contribution < -0.4 is 5.32 Å². The van der Waals surface area contributed by atoms with Gasteiger partial charge in [0.2, 0.25) is 0 Å². The first-order valence-corrected chi connectivity index (χ1v) is 6.09. The average Bonchev–Trinajstić information content (AvgIpc) is 2.84. The highest BCUT2D eigenvalue weighted by Crippen LogP contribution is 2.15. The Morgan fingerprint density at radius 3 is 2.76 bits per heavy atom. The third kappa shape index (κ3) is 3.01. The van der Waals surface area contributed by atoms with Crippen LogP contribution in [0.25, 0.3) is 0 Å². The molecular formula is C13H18F2N2. The molecule has 1 fully saturated rings. The van der Waals surface area contributed by atoms with Crippen LogP contribution in [0.15, 0.2) is 18.2 Å². The molecule has 0 bridgehead atoms. The summed E-state index contributed by atoms with van der Waals surface area (Å²) in [5.74, 6) is -1.54. The Morgan fingerprint density at radius 2 is 2.18 bits per heavy atom. The maximum Gasteiger partial charge on any atom is 0.159 e. The second-order valence-electron chi connectivity index (χ2n) is 4.46. The summed E-state index contributed by atoms with van der Waals surface area (Å²) in [6.07, 6.45) is 1.12. The van der Waals surface area contributed by atoms with Crippen molar-refractivity contribution in [1.82, 2.24) is 10.2 Å². The first-order chi connectivity index (χ1) is 8.20. The number of benzene rings is 1.